The topological polar surface area (TPSA) is 50.7 Å². The number of ether oxygens (including phenoxy) is 2. The maximum absolute atomic E-state index is 10.4. The number of hydrogen-bond acceptors (Lipinski definition) is 4. The number of aliphatic hydroxyl groups is 1. The Morgan fingerprint density at radius 3 is 2.83 bits per heavy atom. The molecule has 0 aromatic carbocycles. The molecule has 0 radical (unpaired) electrons. The molecular formula is C14H27NO3. The summed E-state index contributed by atoms with van der Waals surface area (Å²) in [6, 6.07) is 0.479. The van der Waals surface area contributed by atoms with Crippen molar-refractivity contribution in [3.8, 4) is 0 Å². The molecule has 0 aromatic rings. The van der Waals surface area contributed by atoms with Crippen molar-refractivity contribution in [1.82, 2.24) is 5.32 Å². The second-order valence-corrected chi connectivity index (χ2v) is 5.75. The molecule has 4 atom stereocenters. The van der Waals surface area contributed by atoms with Gasteiger partial charge in [-0.15, -0.1) is 0 Å². The Morgan fingerprint density at radius 1 is 1.33 bits per heavy atom. The highest BCUT2D eigenvalue weighted by Crippen LogP contribution is 2.26. The Hall–Kier alpha value is -0.160. The van der Waals surface area contributed by atoms with Crippen molar-refractivity contribution in [2.45, 2.75) is 69.8 Å². The lowest BCUT2D eigenvalue weighted by Crippen LogP contribution is -2.50. The molecule has 4 heteroatoms. The maximum atomic E-state index is 10.4. The Labute approximate surface area is 110 Å². The maximum Gasteiger partial charge on any atom is 0.105 e. The summed E-state index contributed by atoms with van der Waals surface area (Å²) < 4.78 is 11.2. The Bertz CT molecular complexity index is 259. The van der Waals surface area contributed by atoms with E-state index in [2.05, 4.69) is 12.2 Å². The van der Waals surface area contributed by atoms with Gasteiger partial charge in [0.2, 0.25) is 0 Å². The van der Waals surface area contributed by atoms with Crippen LogP contribution in [0.2, 0.25) is 0 Å². The fourth-order valence-electron chi connectivity index (χ4n) is 2.91. The second-order valence-electron chi connectivity index (χ2n) is 5.75. The first-order valence-corrected chi connectivity index (χ1v) is 7.33. The molecule has 18 heavy (non-hydrogen) atoms. The minimum absolute atomic E-state index is 0.0590. The summed E-state index contributed by atoms with van der Waals surface area (Å²) in [6.45, 7) is 6.30. The van der Waals surface area contributed by atoms with E-state index in [1.807, 2.05) is 6.92 Å². The van der Waals surface area contributed by atoms with Crippen LogP contribution in [0, 0.1) is 0 Å². The molecule has 2 aliphatic rings. The van der Waals surface area contributed by atoms with Crippen molar-refractivity contribution < 1.29 is 14.6 Å². The first-order chi connectivity index (χ1) is 8.64. The van der Waals surface area contributed by atoms with Gasteiger partial charge in [-0.05, 0) is 26.2 Å². The summed E-state index contributed by atoms with van der Waals surface area (Å²) in [7, 11) is 0. The summed E-state index contributed by atoms with van der Waals surface area (Å²) in [5, 5.41) is 14.0. The third-order valence-corrected chi connectivity index (χ3v) is 4.33. The molecule has 2 aliphatic heterocycles. The number of nitrogens with one attached hydrogen (secondary N) is 1. The van der Waals surface area contributed by atoms with Crippen LogP contribution in [0.25, 0.3) is 0 Å². The molecular weight excluding hydrogens is 230 g/mol. The predicted octanol–water partition coefficient (Wildman–Crippen LogP) is 1.46. The predicted molar refractivity (Wildman–Crippen MR) is 70.7 cm³/mol. The highest BCUT2D eigenvalue weighted by atomic mass is 16.5. The van der Waals surface area contributed by atoms with Crippen LogP contribution in [0.5, 0.6) is 0 Å². The molecule has 0 spiro atoms. The van der Waals surface area contributed by atoms with Crippen molar-refractivity contribution in [3.05, 3.63) is 0 Å². The van der Waals surface area contributed by atoms with E-state index in [-0.39, 0.29) is 6.10 Å². The van der Waals surface area contributed by atoms with Gasteiger partial charge in [0, 0.05) is 32.2 Å². The van der Waals surface area contributed by atoms with Crippen molar-refractivity contribution in [2.24, 2.45) is 0 Å². The number of rotatable bonds is 5. The van der Waals surface area contributed by atoms with Crippen LogP contribution in [0.15, 0.2) is 0 Å². The van der Waals surface area contributed by atoms with Gasteiger partial charge in [-0.25, -0.2) is 0 Å². The van der Waals surface area contributed by atoms with Gasteiger partial charge in [-0.3, -0.25) is 0 Å². The first-order valence-electron chi connectivity index (χ1n) is 7.33. The second kappa shape index (κ2) is 6.33. The lowest BCUT2D eigenvalue weighted by atomic mass is 9.94. The van der Waals surface area contributed by atoms with E-state index in [0.29, 0.717) is 25.3 Å². The largest absolute Gasteiger partial charge is 0.386 e. The summed E-state index contributed by atoms with van der Waals surface area (Å²) in [6.07, 6.45) is 5.51. The van der Waals surface area contributed by atoms with Crippen LogP contribution in [-0.4, -0.2) is 48.7 Å². The molecule has 0 saturated carbocycles. The summed E-state index contributed by atoms with van der Waals surface area (Å²) in [5.41, 5.74) is -0.682. The fourth-order valence-corrected chi connectivity index (χ4v) is 2.91. The van der Waals surface area contributed by atoms with E-state index < -0.39 is 5.60 Å². The zero-order valence-corrected chi connectivity index (χ0v) is 11.7. The minimum Gasteiger partial charge on any atom is -0.386 e. The molecule has 2 fully saturated rings. The third kappa shape index (κ3) is 3.44. The van der Waals surface area contributed by atoms with Gasteiger partial charge in [0.15, 0.2) is 0 Å². The summed E-state index contributed by atoms with van der Waals surface area (Å²) >= 11 is 0. The highest BCUT2D eigenvalue weighted by Gasteiger charge is 2.39. The van der Waals surface area contributed by atoms with Crippen LogP contribution in [0.1, 0.15) is 46.0 Å². The average Bonchev–Trinajstić information content (AvgIpc) is 2.69. The standard InChI is InChI=1S/C14H27NO3/c1-3-4-13-9-12(5-7-18-13)15-10-14(16)6-8-17-11(14)2/h11-13,15-16H,3-10H2,1-2H3. The van der Waals surface area contributed by atoms with Crippen LogP contribution in [0.3, 0.4) is 0 Å². The Morgan fingerprint density at radius 2 is 2.17 bits per heavy atom. The van der Waals surface area contributed by atoms with E-state index >= 15 is 0 Å². The van der Waals surface area contributed by atoms with Gasteiger partial charge >= 0.3 is 0 Å². The smallest absolute Gasteiger partial charge is 0.105 e. The molecule has 2 heterocycles. The molecule has 2 rings (SSSR count). The fraction of sp³-hybridized carbons (Fsp3) is 1.00. The van der Waals surface area contributed by atoms with Crippen LogP contribution >= 0.6 is 0 Å². The van der Waals surface area contributed by atoms with Gasteiger partial charge in [-0.2, -0.15) is 0 Å². The van der Waals surface area contributed by atoms with Gasteiger partial charge in [-0.1, -0.05) is 13.3 Å². The quantitative estimate of drug-likeness (QED) is 0.783. The van der Waals surface area contributed by atoms with Crippen molar-refractivity contribution in [3.63, 3.8) is 0 Å². The van der Waals surface area contributed by atoms with Crippen LogP contribution in [-0.2, 0) is 9.47 Å². The molecule has 2 N–H and O–H groups in total. The number of hydrogen-bond donors (Lipinski definition) is 2. The minimum atomic E-state index is -0.682. The van der Waals surface area contributed by atoms with E-state index in [4.69, 9.17) is 9.47 Å². The van der Waals surface area contributed by atoms with Gasteiger partial charge in [0.05, 0.1) is 12.2 Å². The molecule has 0 aromatic heterocycles. The van der Waals surface area contributed by atoms with E-state index in [1.54, 1.807) is 0 Å². The van der Waals surface area contributed by atoms with Crippen molar-refractivity contribution >= 4 is 0 Å². The van der Waals surface area contributed by atoms with Crippen molar-refractivity contribution in [2.75, 3.05) is 19.8 Å². The molecule has 0 aliphatic carbocycles. The van der Waals surface area contributed by atoms with E-state index in [9.17, 15) is 5.11 Å². The summed E-state index contributed by atoms with van der Waals surface area (Å²) in [4.78, 5) is 0. The average molecular weight is 257 g/mol. The SMILES string of the molecule is CCCC1CC(NCC2(O)CCOC2C)CCO1. The molecule has 2 saturated heterocycles. The van der Waals surface area contributed by atoms with Crippen molar-refractivity contribution in [1.29, 1.82) is 0 Å². The molecule has 0 amide bonds. The molecule has 4 nitrogen and oxygen atoms in total. The monoisotopic (exact) mass is 257 g/mol. The van der Waals surface area contributed by atoms with Gasteiger partial charge < -0.3 is 19.9 Å². The highest BCUT2D eigenvalue weighted by molar-refractivity contribution is 4.93. The Balaban J connectivity index is 1.76. The zero-order chi connectivity index (χ0) is 13.0. The third-order valence-electron chi connectivity index (χ3n) is 4.33. The van der Waals surface area contributed by atoms with Gasteiger partial charge in [0.25, 0.3) is 0 Å². The molecule has 0 bridgehead atoms. The molecule has 4 unspecified atom stereocenters. The van der Waals surface area contributed by atoms with Crippen LogP contribution in [0.4, 0.5) is 0 Å². The Kier molecular flexibility index (Phi) is 5.01. The van der Waals surface area contributed by atoms with Crippen LogP contribution < -0.4 is 5.32 Å². The first kappa shape index (κ1) is 14.3. The van der Waals surface area contributed by atoms with Gasteiger partial charge in [0.1, 0.15) is 5.60 Å². The van der Waals surface area contributed by atoms with E-state index in [0.717, 1.165) is 32.3 Å². The normalized spacial score (nSPS) is 41.2. The molecule has 106 valence electrons. The van der Waals surface area contributed by atoms with E-state index in [1.165, 1.54) is 6.42 Å². The lowest BCUT2D eigenvalue weighted by Gasteiger charge is -2.33. The zero-order valence-electron chi connectivity index (χ0n) is 11.7. The summed E-state index contributed by atoms with van der Waals surface area (Å²) in [5.74, 6) is 0. The lowest BCUT2D eigenvalue weighted by molar-refractivity contribution is -0.0374.